The van der Waals surface area contributed by atoms with Gasteiger partial charge in [0, 0.05) is 11.7 Å². The van der Waals surface area contributed by atoms with E-state index < -0.39 is 35.2 Å². The van der Waals surface area contributed by atoms with Crippen LogP contribution in [-0.2, 0) is 0 Å². The second-order valence-electron chi connectivity index (χ2n) is 6.78. The second-order valence-corrected chi connectivity index (χ2v) is 7.41. The van der Waals surface area contributed by atoms with Crippen LogP contribution in [0.25, 0.3) is 0 Å². The summed E-state index contributed by atoms with van der Waals surface area (Å²) in [4.78, 5) is 0. The number of alkyl halides is 6. The Balaban J connectivity index is 1.68. The SMILES string of the molecule is OC(CC12C3CC4CC(S)C31C42)(C(F)(F)F)C(F)(F)F. The van der Waals surface area contributed by atoms with Crippen molar-refractivity contribution < 1.29 is 31.4 Å². The molecule has 0 saturated heterocycles. The summed E-state index contributed by atoms with van der Waals surface area (Å²) >= 11 is 4.35. The molecule has 0 radical (unpaired) electrons. The van der Waals surface area contributed by atoms with Gasteiger partial charge in [0.1, 0.15) is 0 Å². The van der Waals surface area contributed by atoms with Gasteiger partial charge in [0.2, 0.25) is 0 Å². The average molecular weight is 318 g/mol. The van der Waals surface area contributed by atoms with Crippen molar-refractivity contribution in [2.24, 2.45) is 28.6 Å². The third-order valence-electron chi connectivity index (χ3n) is 6.48. The summed E-state index contributed by atoms with van der Waals surface area (Å²) < 4.78 is 76.8. The van der Waals surface area contributed by atoms with Crippen LogP contribution in [0.4, 0.5) is 26.3 Å². The summed E-state index contributed by atoms with van der Waals surface area (Å²) in [6, 6.07) is 0. The molecule has 1 spiro atoms. The van der Waals surface area contributed by atoms with Gasteiger partial charge in [-0.15, -0.1) is 0 Å². The van der Waals surface area contributed by atoms with E-state index >= 15 is 0 Å². The molecule has 6 unspecified atom stereocenters. The molecule has 5 saturated carbocycles. The zero-order chi connectivity index (χ0) is 14.9. The Kier molecular flexibility index (Phi) is 2.03. The van der Waals surface area contributed by atoms with Crippen molar-refractivity contribution in [3.63, 3.8) is 0 Å². The number of thiol groups is 1. The van der Waals surface area contributed by atoms with E-state index in [0.717, 1.165) is 6.42 Å². The van der Waals surface area contributed by atoms with E-state index in [2.05, 4.69) is 12.6 Å². The summed E-state index contributed by atoms with van der Waals surface area (Å²) in [7, 11) is 0. The molecule has 5 aliphatic carbocycles. The van der Waals surface area contributed by atoms with E-state index in [1.165, 1.54) is 0 Å². The predicted molar refractivity (Wildman–Crippen MR) is 59.0 cm³/mol. The first-order valence-corrected chi connectivity index (χ1v) is 7.00. The molecule has 0 amide bonds. The molecule has 0 aromatic rings. The van der Waals surface area contributed by atoms with Crippen molar-refractivity contribution >= 4 is 12.6 Å². The summed E-state index contributed by atoms with van der Waals surface area (Å²) in [6.07, 6.45) is -11.2. The van der Waals surface area contributed by atoms with E-state index in [4.69, 9.17) is 0 Å². The van der Waals surface area contributed by atoms with Gasteiger partial charge < -0.3 is 5.11 Å². The maximum Gasteiger partial charge on any atom is 0.426 e. The van der Waals surface area contributed by atoms with Crippen LogP contribution in [0.15, 0.2) is 0 Å². The highest BCUT2D eigenvalue weighted by molar-refractivity contribution is 7.81. The molecule has 5 rings (SSSR count). The maximum absolute atomic E-state index is 12.8. The predicted octanol–water partition coefficient (Wildman–Crippen LogP) is 3.19. The summed E-state index contributed by atoms with van der Waals surface area (Å²) in [6.45, 7) is 0. The molecule has 0 aromatic heterocycles. The highest BCUT2D eigenvalue weighted by Crippen LogP contribution is 3.07. The van der Waals surface area contributed by atoms with Gasteiger partial charge in [-0.05, 0) is 41.4 Å². The van der Waals surface area contributed by atoms with Crippen LogP contribution >= 0.6 is 12.6 Å². The molecule has 8 heteroatoms. The van der Waals surface area contributed by atoms with Crippen molar-refractivity contribution in [3.05, 3.63) is 0 Å². The molecule has 0 heterocycles. The monoisotopic (exact) mass is 318 g/mol. The van der Waals surface area contributed by atoms with Crippen LogP contribution in [0.5, 0.6) is 0 Å². The highest BCUT2D eigenvalue weighted by atomic mass is 32.1. The molecule has 114 valence electrons. The largest absolute Gasteiger partial charge is 0.426 e. The Morgan fingerprint density at radius 1 is 1.05 bits per heavy atom. The fraction of sp³-hybridized carbons (Fsp3) is 1.00. The summed E-state index contributed by atoms with van der Waals surface area (Å²) in [5.41, 5.74) is -5.98. The Hall–Kier alpha value is -0.110. The lowest BCUT2D eigenvalue weighted by Gasteiger charge is -2.34. The maximum atomic E-state index is 12.8. The first-order valence-electron chi connectivity index (χ1n) is 6.48. The lowest BCUT2D eigenvalue weighted by Crippen LogP contribution is -2.57. The van der Waals surface area contributed by atoms with Crippen molar-refractivity contribution in [1.82, 2.24) is 0 Å². The zero-order valence-electron chi connectivity index (χ0n) is 10.1. The molecule has 4 bridgehead atoms. The van der Waals surface area contributed by atoms with Crippen molar-refractivity contribution in [2.75, 3.05) is 0 Å². The van der Waals surface area contributed by atoms with E-state index in [1.54, 1.807) is 0 Å². The van der Waals surface area contributed by atoms with E-state index in [-0.39, 0.29) is 23.0 Å². The Bertz CT molecular complexity index is 487. The quantitative estimate of drug-likeness (QED) is 0.592. The molecule has 5 fully saturated rings. The summed E-state index contributed by atoms with van der Waals surface area (Å²) in [5.74, 6) is 0.0180. The molecule has 1 N–H and O–H groups in total. The first-order chi connectivity index (χ1) is 8.94. The van der Waals surface area contributed by atoms with Gasteiger partial charge in [-0.1, -0.05) is 0 Å². The fourth-order valence-corrected chi connectivity index (χ4v) is 6.82. The van der Waals surface area contributed by atoms with Crippen molar-refractivity contribution in [3.8, 4) is 0 Å². The first kappa shape index (κ1) is 13.5. The van der Waals surface area contributed by atoms with Crippen molar-refractivity contribution in [1.29, 1.82) is 0 Å². The number of hydrogen-bond donors (Lipinski definition) is 2. The van der Waals surface area contributed by atoms with Crippen LogP contribution in [0.1, 0.15) is 19.3 Å². The molecule has 1 nitrogen and oxygen atoms in total. The number of rotatable bonds is 2. The van der Waals surface area contributed by atoms with Crippen LogP contribution in [0.3, 0.4) is 0 Å². The van der Waals surface area contributed by atoms with Gasteiger partial charge in [-0.2, -0.15) is 39.0 Å². The third-order valence-corrected chi connectivity index (χ3v) is 7.12. The van der Waals surface area contributed by atoms with Gasteiger partial charge in [0.05, 0.1) is 0 Å². The Morgan fingerprint density at radius 2 is 1.60 bits per heavy atom. The smallest absolute Gasteiger partial charge is 0.374 e. The standard InChI is InChI=1S/C12H12F6OS/c13-11(14,15)9(19,12(16,17)18)3-8-5-1-4-2-6(20)10(5,8)7(4)8/h4-7,19-20H,1-3H2. The van der Waals surface area contributed by atoms with Crippen LogP contribution in [0, 0.1) is 28.6 Å². The molecular formula is C12H12F6OS. The van der Waals surface area contributed by atoms with Crippen LogP contribution in [0.2, 0.25) is 0 Å². The fourth-order valence-electron chi connectivity index (χ4n) is 5.97. The van der Waals surface area contributed by atoms with Crippen LogP contribution < -0.4 is 0 Å². The van der Waals surface area contributed by atoms with Crippen molar-refractivity contribution in [2.45, 2.75) is 42.5 Å². The third kappa shape index (κ3) is 1.02. The Labute approximate surface area is 116 Å². The highest BCUT2D eigenvalue weighted by Gasteiger charge is 3.06. The number of hydrogen-bond acceptors (Lipinski definition) is 2. The molecule has 20 heavy (non-hydrogen) atoms. The second kappa shape index (κ2) is 3.00. The molecule has 0 aromatic carbocycles. The van der Waals surface area contributed by atoms with Gasteiger partial charge >= 0.3 is 12.4 Å². The van der Waals surface area contributed by atoms with Gasteiger partial charge in [-0.3, -0.25) is 0 Å². The van der Waals surface area contributed by atoms with Gasteiger partial charge in [0.15, 0.2) is 0 Å². The average Bonchev–Trinajstić information content (AvgIpc) is 2.80. The number of aliphatic hydroxyl groups is 1. The van der Waals surface area contributed by atoms with Crippen LogP contribution in [-0.4, -0.2) is 28.3 Å². The van der Waals surface area contributed by atoms with E-state index in [0.29, 0.717) is 6.42 Å². The van der Waals surface area contributed by atoms with Gasteiger partial charge in [-0.25, -0.2) is 0 Å². The molecule has 6 atom stereocenters. The minimum atomic E-state index is -5.70. The van der Waals surface area contributed by atoms with Gasteiger partial charge in [0.25, 0.3) is 5.60 Å². The lowest BCUT2D eigenvalue weighted by atomic mass is 9.87. The van der Waals surface area contributed by atoms with E-state index in [9.17, 15) is 31.4 Å². The minimum Gasteiger partial charge on any atom is -0.374 e. The zero-order valence-corrected chi connectivity index (χ0v) is 11.0. The summed E-state index contributed by atoms with van der Waals surface area (Å²) in [5, 5.41) is 9.28. The topological polar surface area (TPSA) is 20.2 Å². The molecule has 0 aliphatic heterocycles. The van der Waals surface area contributed by atoms with E-state index in [1.807, 2.05) is 0 Å². The molecular weight excluding hydrogens is 306 g/mol. The lowest BCUT2D eigenvalue weighted by molar-refractivity contribution is -0.373. The number of halogens is 6. The Morgan fingerprint density at radius 3 is 1.95 bits per heavy atom. The normalized spacial score (nSPS) is 52.2. The minimum absolute atomic E-state index is 0.0845. The molecule has 5 aliphatic rings.